The summed E-state index contributed by atoms with van der Waals surface area (Å²) in [6.45, 7) is 28.2. The SMILES string of the molecule is CCc1ccc(CO[Si](C)(C)C(C)(C)C)nc1.CCc1ccc(CO[Si](C)(C)C(C)(C)C)nc1. The van der Waals surface area contributed by atoms with Crippen molar-refractivity contribution in [1.82, 2.24) is 9.97 Å². The molecule has 0 aliphatic carbocycles. The predicted molar refractivity (Wildman–Crippen MR) is 151 cm³/mol. The second kappa shape index (κ2) is 12.6. The van der Waals surface area contributed by atoms with Gasteiger partial charge in [0.25, 0.3) is 0 Å². The first-order chi connectivity index (χ1) is 15.5. The Bertz CT molecular complexity index is 776. The molecule has 0 fully saturated rings. The molecule has 0 aliphatic rings. The molecule has 0 saturated heterocycles. The molecule has 0 atom stereocenters. The largest absolute Gasteiger partial charge is 0.411 e. The van der Waals surface area contributed by atoms with Crippen LogP contribution in [0.25, 0.3) is 0 Å². The lowest BCUT2D eigenvalue weighted by Gasteiger charge is -2.36. The average molecular weight is 503 g/mol. The quantitative estimate of drug-likeness (QED) is 0.340. The van der Waals surface area contributed by atoms with Crippen molar-refractivity contribution in [2.75, 3.05) is 0 Å². The molecule has 0 saturated carbocycles. The number of aromatic nitrogens is 2. The van der Waals surface area contributed by atoms with Crippen LogP contribution in [0.5, 0.6) is 0 Å². The second-order valence-electron chi connectivity index (χ2n) is 12.1. The molecular formula is C28H50N2O2Si2. The summed E-state index contributed by atoms with van der Waals surface area (Å²) in [6.07, 6.45) is 5.97. The van der Waals surface area contributed by atoms with E-state index in [-0.39, 0.29) is 10.1 Å². The molecule has 2 heterocycles. The Hall–Kier alpha value is -1.35. The summed E-state index contributed by atoms with van der Waals surface area (Å²) in [5, 5.41) is 0.521. The lowest BCUT2D eigenvalue weighted by molar-refractivity contribution is 0.272. The Morgan fingerprint density at radius 1 is 0.618 bits per heavy atom. The summed E-state index contributed by atoms with van der Waals surface area (Å²) in [5.74, 6) is 0. The molecule has 2 aromatic rings. The zero-order chi connectivity index (χ0) is 26.2. The van der Waals surface area contributed by atoms with Gasteiger partial charge in [-0.05, 0) is 72.4 Å². The molecule has 0 amide bonds. The Morgan fingerprint density at radius 3 is 1.15 bits per heavy atom. The summed E-state index contributed by atoms with van der Waals surface area (Å²) in [6, 6.07) is 8.42. The van der Waals surface area contributed by atoms with Crippen LogP contribution in [0.15, 0.2) is 36.7 Å². The zero-order valence-electron chi connectivity index (χ0n) is 24.0. The van der Waals surface area contributed by atoms with Gasteiger partial charge in [-0.1, -0.05) is 67.5 Å². The topological polar surface area (TPSA) is 44.2 Å². The Kier molecular flexibility index (Phi) is 11.3. The van der Waals surface area contributed by atoms with Gasteiger partial charge in [0.2, 0.25) is 0 Å². The van der Waals surface area contributed by atoms with Crippen molar-refractivity contribution in [1.29, 1.82) is 0 Å². The van der Waals surface area contributed by atoms with E-state index in [0.29, 0.717) is 13.2 Å². The summed E-state index contributed by atoms with van der Waals surface area (Å²) in [4.78, 5) is 8.86. The van der Waals surface area contributed by atoms with Crippen molar-refractivity contribution >= 4 is 16.6 Å². The van der Waals surface area contributed by atoms with Gasteiger partial charge in [0.1, 0.15) is 0 Å². The van der Waals surface area contributed by atoms with Gasteiger partial charge in [0.05, 0.1) is 24.6 Å². The number of hydrogen-bond acceptors (Lipinski definition) is 4. The summed E-state index contributed by atoms with van der Waals surface area (Å²) < 4.78 is 12.3. The van der Waals surface area contributed by atoms with Crippen molar-refractivity contribution in [2.45, 2.75) is 118 Å². The minimum absolute atomic E-state index is 0.260. The Balaban J connectivity index is 0.000000340. The number of rotatable bonds is 8. The third-order valence-electron chi connectivity index (χ3n) is 7.36. The highest BCUT2D eigenvalue weighted by Crippen LogP contribution is 2.37. The van der Waals surface area contributed by atoms with E-state index in [1.165, 1.54) is 11.1 Å². The lowest BCUT2D eigenvalue weighted by atomic mass is 10.2. The molecule has 34 heavy (non-hydrogen) atoms. The molecule has 0 bridgehead atoms. The van der Waals surface area contributed by atoms with Gasteiger partial charge >= 0.3 is 0 Å². The van der Waals surface area contributed by atoms with Crippen LogP contribution in [0.4, 0.5) is 0 Å². The predicted octanol–water partition coefficient (Wildman–Crippen LogP) is 8.33. The zero-order valence-corrected chi connectivity index (χ0v) is 26.0. The Morgan fingerprint density at radius 2 is 0.941 bits per heavy atom. The molecule has 0 aromatic carbocycles. The van der Waals surface area contributed by atoms with Crippen LogP contribution in [-0.2, 0) is 34.9 Å². The maximum absolute atomic E-state index is 6.13. The fourth-order valence-corrected chi connectivity index (χ4v) is 4.32. The van der Waals surface area contributed by atoms with E-state index in [1.54, 1.807) is 0 Å². The minimum Gasteiger partial charge on any atom is -0.411 e. The molecule has 2 rings (SSSR count). The van der Waals surface area contributed by atoms with Gasteiger partial charge in [-0.2, -0.15) is 0 Å². The molecule has 6 heteroatoms. The number of pyridine rings is 2. The summed E-state index contributed by atoms with van der Waals surface area (Å²) >= 11 is 0. The van der Waals surface area contributed by atoms with Gasteiger partial charge in [-0.25, -0.2) is 0 Å². The van der Waals surface area contributed by atoms with Crippen LogP contribution >= 0.6 is 0 Å². The second-order valence-corrected chi connectivity index (χ2v) is 21.7. The van der Waals surface area contributed by atoms with Crippen molar-refractivity contribution in [3.8, 4) is 0 Å². The first-order valence-electron chi connectivity index (χ1n) is 12.7. The van der Waals surface area contributed by atoms with Crippen LogP contribution < -0.4 is 0 Å². The fourth-order valence-electron chi connectivity index (χ4n) is 2.44. The van der Waals surface area contributed by atoms with E-state index in [1.807, 2.05) is 12.4 Å². The van der Waals surface area contributed by atoms with Crippen LogP contribution in [-0.4, -0.2) is 26.6 Å². The number of nitrogens with zero attached hydrogens (tertiary/aromatic N) is 2. The van der Waals surface area contributed by atoms with Crippen molar-refractivity contribution in [3.63, 3.8) is 0 Å². The van der Waals surface area contributed by atoms with Gasteiger partial charge in [-0.3, -0.25) is 9.97 Å². The standard InChI is InChI=1S/2C14H25NOSi/c2*1-7-12-8-9-13(15-10-12)11-16-17(5,6)14(2,3)4/h2*8-10H,7,11H2,1-6H3. The monoisotopic (exact) mass is 502 g/mol. The van der Waals surface area contributed by atoms with E-state index < -0.39 is 16.6 Å². The van der Waals surface area contributed by atoms with E-state index in [9.17, 15) is 0 Å². The third-order valence-corrected chi connectivity index (χ3v) is 16.3. The molecule has 4 nitrogen and oxygen atoms in total. The van der Waals surface area contributed by atoms with Gasteiger partial charge < -0.3 is 8.85 Å². The van der Waals surface area contributed by atoms with Gasteiger partial charge in [-0.15, -0.1) is 0 Å². The number of hydrogen-bond donors (Lipinski definition) is 0. The first-order valence-corrected chi connectivity index (χ1v) is 18.5. The number of aryl methyl sites for hydroxylation is 2. The third kappa shape index (κ3) is 9.72. The van der Waals surface area contributed by atoms with Crippen LogP contribution in [0.1, 0.15) is 77.9 Å². The molecule has 0 spiro atoms. The lowest BCUT2D eigenvalue weighted by Crippen LogP contribution is -2.40. The van der Waals surface area contributed by atoms with Crippen molar-refractivity contribution in [3.05, 3.63) is 59.2 Å². The molecule has 2 aromatic heterocycles. The molecule has 0 N–H and O–H groups in total. The maximum atomic E-state index is 6.13. The van der Waals surface area contributed by atoms with Crippen LogP contribution in [0.2, 0.25) is 36.3 Å². The molecule has 0 radical (unpaired) electrons. The summed E-state index contributed by atoms with van der Waals surface area (Å²) in [5.41, 5.74) is 4.63. The van der Waals surface area contributed by atoms with E-state index in [2.05, 4.69) is 116 Å². The fraction of sp³-hybridized carbons (Fsp3) is 0.643. The van der Waals surface area contributed by atoms with E-state index >= 15 is 0 Å². The molecule has 0 aliphatic heterocycles. The molecule has 0 unspecified atom stereocenters. The Labute approximate surface area is 212 Å². The van der Waals surface area contributed by atoms with E-state index in [4.69, 9.17) is 8.85 Å². The highest BCUT2D eigenvalue weighted by atomic mass is 28.4. The first kappa shape index (κ1) is 30.7. The average Bonchev–Trinajstić information content (AvgIpc) is 2.76. The van der Waals surface area contributed by atoms with Crippen LogP contribution in [0, 0.1) is 0 Å². The molecule has 192 valence electrons. The smallest absolute Gasteiger partial charge is 0.192 e. The molecular weight excluding hydrogens is 452 g/mol. The van der Waals surface area contributed by atoms with E-state index in [0.717, 1.165) is 24.2 Å². The minimum atomic E-state index is -1.65. The van der Waals surface area contributed by atoms with Crippen molar-refractivity contribution in [2.24, 2.45) is 0 Å². The maximum Gasteiger partial charge on any atom is 0.192 e. The summed E-state index contributed by atoms with van der Waals surface area (Å²) in [7, 11) is -3.30. The van der Waals surface area contributed by atoms with Gasteiger partial charge in [0.15, 0.2) is 16.6 Å². The highest BCUT2D eigenvalue weighted by Gasteiger charge is 2.37. The highest BCUT2D eigenvalue weighted by molar-refractivity contribution is 6.74. The van der Waals surface area contributed by atoms with Gasteiger partial charge in [0, 0.05) is 12.4 Å². The normalized spacial score (nSPS) is 12.8. The van der Waals surface area contributed by atoms with Crippen molar-refractivity contribution < 1.29 is 8.85 Å². The van der Waals surface area contributed by atoms with Crippen LogP contribution in [0.3, 0.4) is 0 Å².